The van der Waals surface area contributed by atoms with Crippen molar-refractivity contribution in [2.45, 2.75) is 6.04 Å². The summed E-state index contributed by atoms with van der Waals surface area (Å²) in [7, 11) is 0. The third-order valence-electron chi connectivity index (χ3n) is 2.57. The number of aliphatic carboxylic acids is 1. The van der Waals surface area contributed by atoms with Crippen molar-refractivity contribution in [3.63, 3.8) is 0 Å². The molecule has 1 unspecified atom stereocenters. The molecule has 0 saturated carbocycles. The summed E-state index contributed by atoms with van der Waals surface area (Å²) >= 11 is 1.34. The number of nitrogens with one attached hydrogen (secondary N) is 2. The fraction of sp³-hybridized carbons (Fsp3) is 0.333. The van der Waals surface area contributed by atoms with Crippen LogP contribution in [-0.4, -0.2) is 42.0 Å². The Hall–Kier alpha value is -2.09. The van der Waals surface area contributed by atoms with Gasteiger partial charge in [0.2, 0.25) is 6.79 Å². The van der Waals surface area contributed by atoms with E-state index in [0.29, 0.717) is 22.9 Å². The smallest absolute Gasteiger partial charge is 0.327 e. The first kappa shape index (κ1) is 14.3. The van der Waals surface area contributed by atoms with Gasteiger partial charge in [0, 0.05) is 17.5 Å². The third kappa shape index (κ3) is 3.47. The van der Waals surface area contributed by atoms with Gasteiger partial charge in [-0.25, -0.2) is 9.59 Å². The fourth-order valence-corrected chi connectivity index (χ4v) is 2.20. The van der Waals surface area contributed by atoms with Crippen LogP contribution in [0.3, 0.4) is 0 Å². The van der Waals surface area contributed by atoms with E-state index in [1.54, 1.807) is 24.5 Å². The van der Waals surface area contributed by atoms with Gasteiger partial charge in [0.25, 0.3) is 0 Å². The first-order valence-corrected chi connectivity index (χ1v) is 7.18. The number of carbonyl (C=O) groups excluding carboxylic acids is 1. The maximum absolute atomic E-state index is 11.7. The highest BCUT2D eigenvalue weighted by Gasteiger charge is 2.20. The van der Waals surface area contributed by atoms with Crippen molar-refractivity contribution >= 4 is 29.4 Å². The monoisotopic (exact) mass is 298 g/mol. The summed E-state index contributed by atoms with van der Waals surface area (Å²) in [5, 5.41) is 13.9. The second kappa shape index (κ2) is 6.38. The Morgan fingerprint density at radius 2 is 2.15 bits per heavy atom. The average Bonchev–Trinajstić information content (AvgIpc) is 2.85. The van der Waals surface area contributed by atoms with E-state index in [0.717, 1.165) is 0 Å². The lowest BCUT2D eigenvalue weighted by atomic mass is 10.3. The lowest BCUT2D eigenvalue weighted by Crippen LogP contribution is -2.44. The first-order chi connectivity index (χ1) is 9.60. The summed E-state index contributed by atoms with van der Waals surface area (Å²) in [6.45, 7) is 0.153. The van der Waals surface area contributed by atoms with Crippen LogP contribution in [0.15, 0.2) is 18.2 Å². The van der Waals surface area contributed by atoms with Gasteiger partial charge in [-0.05, 0) is 18.4 Å². The summed E-state index contributed by atoms with van der Waals surface area (Å²) in [5.74, 6) is 0.382. The molecule has 2 rings (SSSR count). The van der Waals surface area contributed by atoms with E-state index in [9.17, 15) is 9.59 Å². The van der Waals surface area contributed by atoms with E-state index in [1.807, 2.05) is 0 Å². The normalized spacial score (nSPS) is 13.7. The highest BCUT2D eigenvalue weighted by Crippen LogP contribution is 2.34. The molecule has 1 aliphatic heterocycles. The molecule has 20 heavy (non-hydrogen) atoms. The van der Waals surface area contributed by atoms with Gasteiger partial charge in [-0.1, -0.05) is 0 Å². The van der Waals surface area contributed by atoms with Crippen LogP contribution < -0.4 is 20.1 Å². The van der Waals surface area contributed by atoms with Crippen LogP contribution in [0, 0.1) is 0 Å². The molecule has 1 heterocycles. The Kier molecular flexibility index (Phi) is 4.57. The third-order valence-corrected chi connectivity index (χ3v) is 3.23. The van der Waals surface area contributed by atoms with E-state index in [1.165, 1.54) is 11.8 Å². The summed E-state index contributed by atoms with van der Waals surface area (Å²) in [6, 6.07) is 3.43. The second-order valence-corrected chi connectivity index (χ2v) is 4.92. The zero-order valence-electron chi connectivity index (χ0n) is 10.7. The standard InChI is InChI=1S/C12H14N2O5S/c1-20-5-8(11(15)16)14-12(17)13-7-2-3-9-10(4-7)19-6-18-9/h2-4,8H,5-6H2,1H3,(H,15,16)(H2,13,14,17). The Balaban J connectivity index is 1.95. The van der Waals surface area contributed by atoms with E-state index < -0.39 is 18.0 Å². The summed E-state index contributed by atoms with van der Waals surface area (Å²) in [5.41, 5.74) is 0.500. The number of amides is 2. The van der Waals surface area contributed by atoms with Crippen LogP contribution in [0.4, 0.5) is 10.5 Å². The Morgan fingerprint density at radius 1 is 1.40 bits per heavy atom. The van der Waals surface area contributed by atoms with Crippen molar-refractivity contribution in [1.82, 2.24) is 5.32 Å². The number of thioether (sulfide) groups is 1. The number of ether oxygens (including phenoxy) is 2. The molecule has 0 aromatic heterocycles. The predicted octanol–water partition coefficient (Wildman–Crippen LogP) is 1.35. The molecule has 8 heteroatoms. The maximum atomic E-state index is 11.7. The second-order valence-electron chi connectivity index (χ2n) is 4.01. The van der Waals surface area contributed by atoms with Gasteiger partial charge in [0.1, 0.15) is 6.04 Å². The minimum Gasteiger partial charge on any atom is -0.480 e. The molecule has 1 atom stereocenters. The van der Waals surface area contributed by atoms with Crippen molar-refractivity contribution in [3.05, 3.63) is 18.2 Å². The Morgan fingerprint density at radius 3 is 2.85 bits per heavy atom. The summed E-state index contributed by atoms with van der Waals surface area (Å²) in [4.78, 5) is 22.7. The van der Waals surface area contributed by atoms with Crippen molar-refractivity contribution < 1.29 is 24.2 Å². The minimum atomic E-state index is -1.07. The van der Waals surface area contributed by atoms with Gasteiger partial charge >= 0.3 is 12.0 Å². The Labute approximate surface area is 119 Å². The van der Waals surface area contributed by atoms with Crippen LogP contribution in [0.5, 0.6) is 11.5 Å². The van der Waals surface area contributed by atoms with Crippen molar-refractivity contribution in [1.29, 1.82) is 0 Å². The average molecular weight is 298 g/mol. The molecule has 0 radical (unpaired) electrons. The number of anilines is 1. The SMILES string of the molecule is CSCC(NC(=O)Nc1ccc2c(c1)OCO2)C(=O)O. The molecule has 1 aliphatic rings. The summed E-state index contributed by atoms with van der Waals surface area (Å²) in [6.07, 6.45) is 1.77. The predicted molar refractivity (Wildman–Crippen MR) is 74.5 cm³/mol. The van der Waals surface area contributed by atoms with E-state index in [4.69, 9.17) is 14.6 Å². The molecule has 0 fully saturated rings. The van der Waals surface area contributed by atoms with Gasteiger partial charge in [0.05, 0.1) is 0 Å². The van der Waals surface area contributed by atoms with Crippen LogP contribution in [0.25, 0.3) is 0 Å². The molecule has 0 spiro atoms. The summed E-state index contributed by atoms with van der Waals surface area (Å²) < 4.78 is 10.3. The molecular formula is C12H14N2O5S. The Bertz CT molecular complexity index is 523. The first-order valence-electron chi connectivity index (χ1n) is 5.79. The zero-order valence-corrected chi connectivity index (χ0v) is 11.5. The molecule has 1 aromatic rings. The fourth-order valence-electron chi connectivity index (χ4n) is 1.64. The van der Waals surface area contributed by atoms with Gasteiger partial charge in [-0.15, -0.1) is 0 Å². The van der Waals surface area contributed by atoms with Gasteiger partial charge in [0.15, 0.2) is 11.5 Å². The number of carboxylic acids is 1. The number of benzene rings is 1. The number of rotatable bonds is 5. The minimum absolute atomic E-state index is 0.153. The van der Waals surface area contributed by atoms with Gasteiger partial charge in [-0.2, -0.15) is 11.8 Å². The van der Waals surface area contributed by atoms with Crippen LogP contribution in [0.2, 0.25) is 0 Å². The molecule has 0 saturated heterocycles. The number of hydrogen-bond acceptors (Lipinski definition) is 5. The molecule has 1 aromatic carbocycles. The van der Waals surface area contributed by atoms with Gasteiger partial charge < -0.3 is 25.2 Å². The number of carbonyl (C=O) groups is 2. The number of hydrogen-bond donors (Lipinski definition) is 3. The lowest BCUT2D eigenvalue weighted by Gasteiger charge is -2.14. The van der Waals surface area contributed by atoms with Crippen molar-refractivity contribution in [2.24, 2.45) is 0 Å². The van der Waals surface area contributed by atoms with Crippen LogP contribution >= 0.6 is 11.8 Å². The molecule has 108 valence electrons. The maximum Gasteiger partial charge on any atom is 0.327 e. The van der Waals surface area contributed by atoms with E-state index in [-0.39, 0.29) is 6.79 Å². The van der Waals surface area contributed by atoms with Crippen LogP contribution in [-0.2, 0) is 4.79 Å². The molecule has 7 nitrogen and oxygen atoms in total. The quantitative estimate of drug-likeness (QED) is 0.759. The van der Waals surface area contributed by atoms with Gasteiger partial charge in [-0.3, -0.25) is 0 Å². The number of carboxylic acid groups (broad SMARTS) is 1. The number of fused-ring (bicyclic) bond motifs is 1. The van der Waals surface area contributed by atoms with Crippen LogP contribution in [0.1, 0.15) is 0 Å². The zero-order chi connectivity index (χ0) is 14.5. The lowest BCUT2D eigenvalue weighted by molar-refractivity contribution is -0.138. The van der Waals surface area contributed by atoms with Crippen molar-refractivity contribution in [2.75, 3.05) is 24.1 Å². The molecular weight excluding hydrogens is 284 g/mol. The molecule has 3 N–H and O–H groups in total. The largest absolute Gasteiger partial charge is 0.480 e. The molecule has 2 amide bonds. The topological polar surface area (TPSA) is 96.9 Å². The van der Waals surface area contributed by atoms with Crippen molar-refractivity contribution in [3.8, 4) is 11.5 Å². The van der Waals surface area contributed by atoms with E-state index in [2.05, 4.69) is 10.6 Å². The highest BCUT2D eigenvalue weighted by molar-refractivity contribution is 7.98. The molecule has 0 bridgehead atoms. The molecule has 0 aliphatic carbocycles. The number of urea groups is 1. The van der Waals surface area contributed by atoms with E-state index >= 15 is 0 Å². The highest BCUT2D eigenvalue weighted by atomic mass is 32.2.